The third-order valence-electron chi connectivity index (χ3n) is 3.81. The van der Waals surface area contributed by atoms with Gasteiger partial charge < -0.3 is 9.64 Å². The van der Waals surface area contributed by atoms with Gasteiger partial charge in [0.2, 0.25) is 10.0 Å². The van der Waals surface area contributed by atoms with Crippen LogP contribution in [0.2, 0.25) is 0 Å². The van der Waals surface area contributed by atoms with Crippen molar-refractivity contribution in [1.82, 2.24) is 4.72 Å². The molecule has 2 rings (SSSR count). The van der Waals surface area contributed by atoms with Crippen molar-refractivity contribution in [3.8, 4) is 0 Å². The van der Waals surface area contributed by atoms with E-state index >= 15 is 0 Å². The van der Waals surface area contributed by atoms with Gasteiger partial charge in [-0.15, -0.1) is 0 Å². The van der Waals surface area contributed by atoms with E-state index in [-0.39, 0.29) is 11.4 Å². The molecule has 0 bridgehead atoms. The Kier molecular flexibility index (Phi) is 5.46. The van der Waals surface area contributed by atoms with Crippen molar-refractivity contribution >= 4 is 32.5 Å². The average Bonchev–Trinajstić information content (AvgIpc) is 2.57. The fourth-order valence-corrected chi connectivity index (χ4v) is 3.84. The monoisotopic (exact) mass is 350 g/mol. The molecule has 0 heterocycles. The normalized spacial score (nSPS) is 12.8. The van der Waals surface area contributed by atoms with Crippen LogP contribution >= 0.6 is 0 Å². The first kappa shape index (κ1) is 18.2. The van der Waals surface area contributed by atoms with Crippen LogP contribution in [-0.4, -0.2) is 42.1 Å². The van der Waals surface area contributed by atoms with Crippen LogP contribution in [-0.2, 0) is 19.6 Å². The van der Waals surface area contributed by atoms with Crippen molar-refractivity contribution in [2.75, 3.05) is 32.6 Å². The number of sulfonamides is 1. The SMILES string of the molecule is COC(=O)[C@@H](C)CNS(=O)(=O)c1cccc2c(N(C)C)cccc12. The van der Waals surface area contributed by atoms with E-state index in [0.29, 0.717) is 5.39 Å². The molecule has 0 unspecified atom stereocenters. The van der Waals surface area contributed by atoms with Gasteiger partial charge in [0, 0.05) is 37.1 Å². The summed E-state index contributed by atoms with van der Waals surface area (Å²) in [5.74, 6) is -1.01. The zero-order valence-electron chi connectivity index (χ0n) is 14.2. The van der Waals surface area contributed by atoms with Gasteiger partial charge in [0.1, 0.15) is 0 Å². The topological polar surface area (TPSA) is 75.7 Å². The number of methoxy groups -OCH3 is 1. The zero-order chi connectivity index (χ0) is 17.9. The number of benzene rings is 2. The molecular weight excluding hydrogens is 328 g/mol. The second kappa shape index (κ2) is 7.19. The van der Waals surface area contributed by atoms with Gasteiger partial charge in [0.25, 0.3) is 0 Å². The molecular formula is C17H22N2O4S. The van der Waals surface area contributed by atoms with Gasteiger partial charge >= 0.3 is 5.97 Å². The summed E-state index contributed by atoms with van der Waals surface area (Å²) in [6, 6.07) is 10.7. The minimum absolute atomic E-state index is 0.0151. The molecule has 7 heteroatoms. The number of nitrogens with zero attached hydrogens (tertiary/aromatic N) is 1. The lowest BCUT2D eigenvalue weighted by Crippen LogP contribution is -2.32. The van der Waals surface area contributed by atoms with Gasteiger partial charge in [0.15, 0.2) is 0 Å². The smallest absolute Gasteiger partial charge is 0.309 e. The van der Waals surface area contributed by atoms with Crippen molar-refractivity contribution in [3.05, 3.63) is 36.4 Å². The van der Waals surface area contributed by atoms with Crippen LogP contribution in [0.3, 0.4) is 0 Å². The van der Waals surface area contributed by atoms with Crippen LogP contribution in [0.25, 0.3) is 10.8 Å². The van der Waals surface area contributed by atoms with E-state index in [1.165, 1.54) is 7.11 Å². The van der Waals surface area contributed by atoms with E-state index in [4.69, 9.17) is 0 Å². The molecule has 24 heavy (non-hydrogen) atoms. The molecule has 0 saturated carbocycles. The van der Waals surface area contributed by atoms with Crippen molar-refractivity contribution in [2.45, 2.75) is 11.8 Å². The largest absolute Gasteiger partial charge is 0.469 e. The maximum absolute atomic E-state index is 12.7. The zero-order valence-corrected chi connectivity index (χ0v) is 15.1. The van der Waals surface area contributed by atoms with E-state index in [1.807, 2.05) is 37.2 Å². The number of hydrogen-bond acceptors (Lipinski definition) is 5. The highest BCUT2D eigenvalue weighted by molar-refractivity contribution is 7.89. The number of anilines is 1. The summed E-state index contributed by atoms with van der Waals surface area (Å²) in [6.07, 6.45) is 0. The van der Waals surface area contributed by atoms with Gasteiger partial charge in [-0.05, 0) is 12.1 Å². The third kappa shape index (κ3) is 3.68. The molecule has 0 spiro atoms. The summed E-state index contributed by atoms with van der Waals surface area (Å²) in [5.41, 5.74) is 0.937. The number of rotatable bonds is 6. The van der Waals surface area contributed by atoms with E-state index < -0.39 is 21.9 Å². The Labute approximate surface area is 142 Å². The Hall–Kier alpha value is -2.12. The number of carbonyl (C=O) groups is 1. The Balaban J connectivity index is 2.41. The molecule has 1 atom stereocenters. The highest BCUT2D eigenvalue weighted by Crippen LogP contribution is 2.30. The van der Waals surface area contributed by atoms with Gasteiger partial charge in [-0.3, -0.25) is 4.79 Å². The fraction of sp³-hybridized carbons (Fsp3) is 0.353. The second-order valence-corrected chi connectivity index (χ2v) is 7.53. The first-order valence-electron chi connectivity index (χ1n) is 7.54. The number of fused-ring (bicyclic) bond motifs is 1. The number of carbonyl (C=O) groups excluding carboxylic acids is 1. The molecule has 0 fully saturated rings. The standard InChI is InChI=1S/C17H22N2O4S/c1-12(17(20)23-4)11-18-24(21,22)16-10-6-7-13-14(16)8-5-9-15(13)19(2)3/h5-10,12,18H,11H2,1-4H3/t12-/m0/s1. The van der Waals surface area contributed by atoms with Crippen LogP contribution < -0.4 is 9.62 Å². The van der Waals surface area contributed by atoms with Crippen molar-refractivity contribution < 1.29 is 17.9 Å². The highest BCUT2D eigenvalue weighted by Gasteiger charge is 2.21. The minimum Gasteiger partial charge on any atom is -0.469 e. The van der Waals surface area contributed by atoms with Crippen LogP contribution in [0.4, 0.5) is 5.69 Å². The lowest BCUT2D eigenvalue weighted by molar-refractivity contribution is -0.144. The summed E-state index contributed by atoms with van der Waals surface area (Å²) in [5, 5.41) is 1.49. The van der Waals surface area contributed by atoms with Crippen LogP contribution in [0, 0.1) is 5.92 Å². The van der Waals surface area contributed by atoms with Crippen LogP contribution in [0.15, 0.2) is 41.3 Å². The third-order valence-corrected chi connectivity index (χ3v) is 5.30. The summed E-state index contributed by atoms with van der Waals surface area (Å²) >= 11 is 0. The van der Waals surface area contributed by atoms with E-state index in [1.54, 1.807) is 25.1 Å². The minimum atomic E-state index is -3.74. The fourth-order valence-electron chi connectivity index (χ4n) is 2.49. The molecule has 2 aromatic rings. The lowest BCUT2D eigenvalue weighted by Gasteiger charge is -2.17. The van der Waals surface area contributed by atoms with Gasteiger partial charge in [-0.1, -0.05) is 31.2 Å². The molecule has 0 amide bonds. The quantitative estimate of drug-likeness (QED) is 0.807. The van der Waals surface area contributed by atoms with Gasteiger partial charge in [-0.25, -0.2) is 13.1 Å². The van der Waals surface area contributed by atoms with E-state index in [9.17, 15) is 13.2 Å². The molecule has 2 aromatic carbocycles. The number of ether oxygens (including phenoxy) is 1. The predicted molar refractivity (Wildman–Crippen MR) is 94.6 cm³/mol. The summed E-state index contributed by atoms with van der Waals surface area (Å²) in [6.45, 7) is 1.60. The molecule has 130 valence electrons. The predicted octanol–water partition coefficient (Wildman–Crippen LogP) is 1.99. The van der Waals surface area contributed by atoms with Crippen molar-refractivity contribution in [2.24, 2.45) is 5.92 Å². The Morgan fingerprint density at radius 3 is 2.42 bits per heavy atom. The van der Waals surface area contributed by atoms with Crippen molar-refractivity contribution in [1.29, 1.82) is 0 Å². The molecule has 0 aliphatic rings. The Morgan fingerprint density at radius 1 is 1.17 bits per heavy atom. The van der Waals surface area contributed by atoms with Crippen molar-refractivity contribution in [3.63, 3.8) is 0 Å². The second-order valence-electron chi connectivity index (χ2n) is 5.80. The number of nitrogens with one attached hydrogen (secondary N) is 1. The maximum Gasteiger partial charge on any atom is 0.309 e. The summed E-state index contributed by atoms with van der Waals surface area (Å²) in [4.78, 5) is 13.6. The Bertz CT molecular complexity index is 847. The molecule has 6 nitrogen and oxygen atoms in total. The molecule has 0 aliphatic carbocycles. The molecule has 0 radical (unpaired) electrons. The average molecular weight is 350 g/mol. The number of esters is 1. The number of hydrogen-bond donors (Lipinski definition) is 1. The first-order valence-corrected chi connectivity index (χ1v) is 9.03. The summed E-state index contributed by atoms with van der Waals surface area (Å²) in [7, 11) is 1.35. The highest BCUT2D eigenvalue weighted by atomic mass is 32.2. The first-order chi connectivity index (χ1) is 11.3. The Morgan fingerprint density at radius 2 is 1.79 bits per heavy atom. The summed E-state index contributed by atoms with van der Waals surface area (Å²) < 4.78 is 32.4. The van der Waals surface area contributed by atoms with Gasteiger partial charge in [0.05, 0.1) is 17.9 Å². The van der Waals surface area contributed by atoms with E-state index in [0.717, 1.165) is 11.1 Å². The lowest BCUT2D eigenvalue weighted by atomic mass is 10.1. The van der Waals surface area contributed by atoms with Crippen LogP contribution in [0.1, 0.15) is 6.92 Å². The van der Waals surface area contributed by atoms with Gasteiger partial charge in [-0.2, -0.15) is 0 Å². The molecule has 0 saturated heterocycles. The maximum atomic E-state index is 12.7. The van der Waals surface area contributed by atoms with Crippen LogP contribution in [0.5, 0.6) is 0 Å². The van der Waals surface area contributed by atoms with E-state index in [2.05, 4.69) is 9.46 Å². The molecule has 1 N–H and O–H groups in total. The molecule has 0 aliphatic heterocycles. The molecule has 0 aromatic heterocycles.